The molecule has 66 heavy (non-hydrogen) atoms. The number of ether oxygens (including phenoxy) is 1. The van der Waals surface area contributed by atoms with Crippen LogP contribution in [0.25, 0.3) is 21.5 Å². The third-order valence-electron chi connectivity index (χ3n) is 9.47. The van der Waals surface area contributed by atoms with Crippen LogP contribution in [0.1, 0.15) is 42.4 Å². The molecule has 8 rings (SSSR count). The summed E-state index contributed by atoms with van der Waals surface area (Å²) in [5, 5.41) is 44.6. The van der Waals surface area contributed by atoms with Crippen molar-refractivity contribution >= 4 is 68.5 Å². The number of nitrogens with two attached hydrogens (primary N) is 4. The third kappa shape index (κ3) is 13.7. The summed E-state index contributed by atoms with van der Waals surface area (Å²) in [4.78, 5) is 27.2. The Morgan fingerprint density at radius 2 is 1.36 bits per heavy atom. The number of nitrogens with one attached hydrogen (secondary N) is 6. The number of anilines is 6. The van der Waals surface area contributed by atoms with Crippen LogP contribution in [0.3, 0.4) is 0 Å². The predicted molar refractivity (Wildman–Crippen MR) is 253 cm³/mol. The first-order valence-electron chi connectivity index (χ1n) is 20.6. The second-order valence-electron chi connectivity index (χ2n) is 14.0. The van der Waals surface area contributed by atoms with Gasteiger partial charge >= 0.3 is 6.09 Å². The van der Waals surface area contributed by atoms with Gasteiger partial charge < -0.3 is 41.3 Å². The Morgan fingerprint density at radius 3 is 1.95 bits per heavy atom. The van der Waals surface area contributed by atoms with Gasteiger partial charge in [-0.25, -0.2) is 33.6 Å². The molecule has 0 bridgehead atoms. The largest absolute Gasteiger partial charge is 0.449 e. The molecule has 0 saturated carbocycles. The first-order chi connectivity index (χ1) is 32.1. The second-order valence-corrected chi connectivity index (χ2v) is 14.0. The van der Waals surface area contributed by atoms with E-state index < -0.39 is 12.2 Å². The average Bonchev–Trinajstić information content (AvgIpc) is 3.37. The van der Waals surface area contributed by atoms with Crippen molar-refractivity contribution in [3.05, 3.63) is 120 Å². The molecule has 7 aromatic rings. The van der Waals surface area contributed by atoms with Gasteiger partial charge in [0.15, 0.2) is 34.9 Å². The number of nitrogens with zero attached hydrogens (tertiary/aromatic N) is 10. The quantitative estimate of drug-likeness (QED) is 0.0620. The van der Waals surface area contributed by atoms with Gasteiger partial charge in [-0.2, -0.15) is 10.2 Å². The molecular weight excluding hydrogens is 849 g/mol. The van der Waals surface area contributed by atoms with E-state index in [4.69, 9.17) is 23.4 Å². The number of fused-ring (bicyclic) bond motifs is 3. The van der Waals surface area contributed by atoms with Crippen LogP contribution >= 0.6 is 0 Å². The maximum atomic E-state index is 12.4. The number of hydrogen-bond acceptors (Lipinski definition) is 22. The molecule has 24 nitrogen and oxygen atoms in total. The van der Waals surface area contributed by atoms with E-state index in [1.165, 1.54) is 0 Å². The number of likely N-dealkylation sites (N-methyl/N-ethyl adjacent to an activating group) is 1. The number of aromatic nitrogens is 8. The minimum absolute atomic E-state index is 0.0373. The lowest BCUT2D eigenvalue weighted by molar-refractivity contribution is 0.0733. The fourth-order valence-electron chi connectivity index (χ4n) is 6.33. The molecule has 1 atom stereocenters. The van der Waals surface area contributed by atoms with Crippen LogP contribution in [-0.4, -0.2) is 95.1 Å². The van der Waals surface area contributed by atoms with E-state index in [1.807, 2.05) is 102 Å². The first-order valence-corrected chi connectivity index (χ1v) is 20.6. The minimum atomic E-state index is -0.581. The first kappa shape index (κ1) is 48.9. The maximum Gasteiger partial charge on any atom is 0.425 e. The van der Waals surface area contributed by atoms with Gasteiger partial charge in [0.1, 0.15) is 0 Å². The third-order valence-corrected chi connectivity index (χ3v) is 9.47. The molecule has 2 amide bonds. The Balaban J connectivity index is 0.000000168. The molecule has 24 heteroatoms. The normalized spacial score (nSPS) is 11.7. The Kier molecular flexibility index (Phi) is 18.7. The lowest BCUT2D eigenvalue weighted by Crippen LogP contribution is -2.36. The van der Waals surface area contributed by atoms with Crippen molar-refractivity contribution in [1.29, 1.82) is 0 Å². The summed E-state index contributed by atoms with van der Waals surface area (Å²) in [6.45, 7) is 8.09. The van der Waals surface area contributed by atoms with E-state index in [9.17, 15) is 14.7 Å². The van der Waals surface area contributed by atoms with E-state index >= 15 is 0 Å². The Labute approximate surface area is 379 Å². The van der Waals surface area contributed by atoms with Crippen LogP contribution < -0.4 is 60.8 Å². The van der Waals surface area contributed by atoms with Gasteiger partial charge in [-0.05, 0) is 56.7 Å². The highest BCUT2D eigenvalue weighted by Gasteiger charge is 2.23. The summed E-state index contributed by atoms with van der Waals surface area (Å²) >= 11 is 0. The average molecular weight is 903 g/mol. The highest BCUT2D eigenvalue weighted by molar-refractivity contribution is 5.98. The van der Waals surface area contributed by atoms with Crippen LogP contribution in [0.4, 0.5) is 39.7 Å². The number of aliphatic hydroxyl groups is 1. The Hall–Kier alpha value is -8.16. The zero-order valence-corrected chi connectivity index (χ0v) is 36.6. The molecule has 0 fully saturated rings. The lowest BCUT2D eigenvalue weighted by Gasteiger charge is -2.28. The SMILES string of the molecule is CCOC(=O)NNc1ccc(N(CC)CC(C)O)nn1.NNc1cc2c(nn1)CCN(C(=O)c1ccccc1)C2.NNc1nnc(NN)c2ccccc12.NNc1nncc2ccccc12. The second kappa shape index (κ2) is 25.2. The number of carbonyl (C=O) groups excluding carboxylic acids is 2. The highest BCUT2D eigenvalue weighted by Crippen LogP contribution is 2.25. The van der Waals surface area contributed by atoms with Gasteiger partial charge in [0.05, 0.1) is 24.6 Å². The van der Waals surface area contributed by atoms with Gasteiger partial charge in [-0.3, -0.25) is 10.2 Å². The van der Waals surface area contributed by atoms with Gasteiger partial charge in [0.2, 0.25) is 0 Å². The Morgan fingerprint density at radius 1 is 0.742 bits per heavy atom. The molecule has 1 unspecified atom stereocenters. The van der Waals surface area contributed by atoms with E-state index in [2.05, 4.69) is 78.1 Å². The van der Waals surface area contributed by atoms with Crippen LogP contribution in [0.5, 0.6) is 0 Å². The van der Waals surface area contributed by atoms with Gasteiger partial charge in [0, 0.05) is 59.7 Å². The molecule has 346 valence electrons. The predicted octanol–water partition coefficient (Wildman–Crippen LogP) is 2.83. The van der Waals surface area contributed by atoms with Crippen LogP contribution in [0.15, 0.2) is 103 Å². The van der Waals surface area contributed by atoms with E-state index in [1.54, 1.807) is 32.2 Å². The number of amides is 2. The standard InChI is InChI=1S/C14H15N5O.C12H21N5O3.C8H10N6.C8H8N4/c15-16-13-8-11-9-19(7-6-12(11)17-18-13)14(20)10-4-2-1-3-5-10;1-4-17(8-9(3)18)11-7-6-10(13-15-11)14-16-12(19)20-5-2;9-11-7-5-3-1-2-4-6(5)8(12-10)14-13-7;9-11-8-7-4-2-1-3-6(7)5-10-12-8/h1-5,8H,6-7,9,15H2,(H,16,18);6-7,9,18H,4-5,8H2,1-3H3,(H,13,14)(H,16,19);1-4H,9-10H2,(H,11,13)(H,12,14);1-5H,9H2,(H,11,12). The fraction of sp³-hybridized carbons (Fsp3) is 0.238. The molecule has 4 aromatic heterocycles. The molecule has 3 aromatic carbocycles. The maximum absolute atomic E-state index is 12.4. The summed E-state index contributed by atoms with van der Waals surface area (Å²) in [5.74, 6) is 24.5. The number of benzene rings is 3. The molecule has 5 heterocycles. The Bertz CT molecular complexity index is 2560. The van der Waals surface area contributed by atoms with Gasteiger partial charge in [0.25, 0.3) is 5.91 Å². The molecule has 0 radical (unpaired) electrons. The molecule has 15 N–H and O–H groups in total. The van der Waals surface area contributed by atoms with Crippen molar-refractivity contribution in [1.82, 2.24) is 51.1 Å². The van der Waals surface area contributed by atoms with Gasteiger partial charge in [-0.1, -0.05) is 66.7 Å². The molecule has 0 spiro atoms. The van der Waals surface area contributed by atoms with Crippen LogP contribution in [0, 0.1) is 0 Å². The highest BCUT2D eigenvalue weighted by atomic mass is 16.5. The fourth-order valence-corrected chi connectivity index (χ4v) is 6.33. The number of hydrogen-bond donors (Lipinski definition) is 11. The van der Waals surface area contributed by atoms with Crippen molar-refractivity contribution in [2.75, 3.05) is 58.3 Å². The lowest BCUT2D eigenvalue weighted by atomic mass is 10.1. The van der Waals surface area contributed by atoms with Crippen molar-refractivity contribution < 1.29 is 19.4 Å². The summed E-state index contributed by atoms with van der Waals surface area (Å²) in [5.41, 5.74) is 17.5. The number of carbonyl (C=O) groups is 2. The summed E-state index contributed by atoms with van der Waals surface area (Å²) in [6.07, 6.45) is 1.39. The number of rotatable bonds is 12. The molecule has 1 aliphatic rings. The molecule has 0 saturated heterocycles. The summed E-state index contributed by atoms with van der Waals surface area (Å²) in [6, 6.07) is 29.9. The van der Waals surface area contributed by atoms with E-state index in [0.717, 1.165) is 32.8 Å². The van der Waals surface area contributed by atoms with E-state index in [-0.39, 0.29) is 5.91 Å². The zero-order chi connectivity index (χ0) is 47.3. The van der Waals surface area contributed by atoms with Crippen LogP contribution in [-0.2, 0) is 17.7 Å². The van der Waals surface area contributed by atoms with Gasteiger partial charge in [-0.15, -0.1) is 30.6 Å². The van der Waals surface area contributed by atoms with Crippen molar-refractivity contribution in [3.63, 3.8) is 0 Å². The smallest absolute Gasteiger partial charge is 0.425 e. The summed E-state index contributed by atoms with van der Waals surface area (Å²) < 4.78 is 4.69. The number of aliphatic hydroxyl groups excluding tert-OH is 1. The van der Waals surface area contributed by atoms with Crippen molar-refractivity contribution in [3.8, 4) is 0 Å². The molecule has 1 aliphatic heterocycles. The zero-order valence-electron chi connectivity index (χ0n) is 36.6. The van der Waals surface area contributed by atoms with Crippen molar-refractivity contribution in [2.24, 2.45) is 23.4 Å². The summed E-state index contributed by atoms with van der Waals surface area (Å²) in [7, 11) is 0. The molecular formula is C42H54N20O4. The van der Waals surface area contributed by atoms with E-state index in [0.29, 0.717) is 79.7 Å². The minimum Gasteiger partial charge on any atom is -0.449 e. The molecule has 0 aliphatic carbocycles. The number of hydrazine groups is 5. The topological polar surface area (TPSA) is 349 Å². The number of nitrogen functional groups attached to an aromatic ring is 4. The van der Waals surface area contributed by atoms with Crippen molar-refractivity contribution in [2.45, 2.75) is 39.8 Å². The van der Waals surface area contributed by atoms with Crippen LogP contribution in [0.2, 0.25) is 0 Å². The monoisotopic (exact) mass is 902 g/mol.